The minimum absolute atomic E-state index is 0.237. The highest BCUT2D eigenvalue weighted by Crippen LogP contribution is 2.22. The van der Waals surface area contributed by atoms with Crippen LogP contribution >= 0.6 is 11.8 Å². The topological polar surface area (TPSA) is 97.6 Å². The third-order valence-electron chi connectivity index (χ3n) is 4.88. The van der Waals surface area contributed by atoms with E-state index in [1.54, 1.807) is 12.1 Å². The maximum absolute atomic E-state index is 14.4. The maximum Gasteiger partial charge on any atom is 0.305 e. The van der Waals surface area contributed by atoms with Crippen LogP contribution in [0.25, 0.3) is 0 Å². The summed E-state index contributed by atoms with van der Waals surface area (Å²) >= 11 is 1.02. The molecule has 2 aliphatic rings. The van der Waals surface area contributed by atoms with E-state index in [-0.39, 0.29) is 17.4 Å². The largest absolute Gasteiger partial charge is 0.481 e. The lowest BCUT2D eigenvalue weighted by atomic mass is 10.1. The number of piperazine rings is 1. The van der Waals surface area contributed by atoms with Gasteiger partial charge in [0.05, 0.1) is 12.6 Å². The van der Waals surface area contributed by atoms with Crippen LogP contribution < -0.4 is 5.32 Å². The molecule has 1 aromatic rings. The molecule has 0 spiro atoms. The van der Waals surface area contributed by atoms with Gasteiger partial charge in [0.15, 0.2) is 5.17 Å². The van der Waals surface area contributed by atoms with Crippen LogP contribution in [0.15, 0.2) is 28.4 Å². The Hall–Kier alpha value is -2.30. The van der Waals surface area contributed by atoms with Crippen molar-refractivity contribution in [3.63, 3.8) is 0 Å². The fraction of sp³-hybridized carbons (Fsp3) is 0.474. The number of nitrogens with one attached hydrogen (secondary N) is 1. The summed E-state index contributed by atoms with van der Waals surface area (Å²) in [6, 6.07) is 4.94. The molecule has 0 aromatic heterocycles. The van der Waals surface area contributed by atoms with Crippen LogP contribution in [-0.4, -0.2) is 76.1 Å². The lowest BCUT2D eigenvalue weighted by Crippen LogP contribution is -2.45. The fourth-order valence-corrected chi connectivity index (χ4v) is 4.08. The van der Waals surface area contributed by atoms with Gasteiger partial charge in [0.25, 0.3) is 0 Å². The molecule has 0 radical (unpaired) electrons. The molecule has 8 nitrogen and oxygen atoms in total. The summed E-state index contributed by atoms with van der Waals surface area (Å²) in [4.78, 5) is 27.0. The Morgan fingerprint density at radius 3 is 2.72 bits per heavy atom. The normalized spacial score (nSPS) is 22.5. The summed E-state index contributed by atoms with van der Waals surface area (Å²) in [5.41, 5.74) is 1.20. The Morgan fingerprint density at radius 2 is 2.07 bits per heavy atom. The molecule has 1 amide bonds. The van der Waals surface area contributed by atoms with Crippen molar-refractivity contribution < 1.29 is 19.1 Å². The summed E-state index contributed by atoms with van der Waals surface area (Å²) in [5, 5.41) is 18.5. The predicted molar refractivity (Wildman–Crippen MR) is 111 cm³/mol. The molecule has 1 unspecified atom stereocenters. The first-order chi connectivity index (χ1) is 13.9. The van der Waals surface area contributed by atoms with E-state index < -0.39 is 17.1 Å². The Labute approximate surface area is 172 Å². The van der Waals surface area contributed by atoms with Crippen LogP contribution in [-0.2, 0) is 16.1 Å². The van der Waals surface area contributed by atoms with Crippen molar-refractivity contribution in [2.24, 2.45) is 10.2 Å². The number of carboxylic acids is 1. The first-order valence-corrected chi connectivity index (χ1v) is 10.4. The molecule has 1 atom stereocenters. The number of carbonyl (C=O) groups is 2. The lowest BCUT2D eigenvalue weighted by Gasteiger charge is -2.34. The minimum Gasteiger partial charge on any atom is -0.481 e. The van der Waals surface area contributed by atoms with Gasteiger partial charge in [0.1, 0.15) is 11.1 Å². The molecule has 1 aromatic carbocycles. The van der Waals surface area contributed by atoms with E-state index in [0.29, 0.717) is 17.7 Å². The maximum atomic E-state index is 14.4. The van der Waals surface area contributed by atoms with Gasteiger partial charge in [-0.3, -0.25) is 14.5 Å². The van der Waals surface area contributed by atoms with E-state index >= 15 is 0 Å². The van der Waals surface area contributed by atoms with Crippen molar-refractivity contribution in [1.29, 1.82) is 0 Å². The van der Waals surface area contributed by atoms with Gasteiger partial charge in [-0.05, 0) is 18.2 Å². The molecular formula is C19H24FN5O3S. The van der Waals surface area contributed by atoms with Gasteiger partial charge in [0.2, 0.25) is 5.91 Å². The van der Waals surface area contributed by atoms with Crippen molar-refractivity contribution in [2.45, 2.75) is 25.1 Å². The number of halogens is 1. The third-order valence-corrected chi connectivity index (χ3v) is 5.95. The van der Waals surface area contributed by atoms with Crippen LogP contribution in [0, 0.1) is 5.82 Å². The first kappa shape index (κ1) is 21.4. The number of rotatable bonds is 7. The third kappa shape index (κ3) is 6.09. The standard InChI is InChI=1S/C19H24FN5O3S/c1-2-24-5-7-25(8-6-24)12-14-4-3-13(9-15(14)20)11-21-23-19-22-18(28)16(29-19)10-17(26)27/h3-4,9,11,16H,2,5-8,10,12H2,1H3,(H,26,27)(H,22,23,28). The van der Waals surface area contributed by atoms with Gasteiger partial charge in [-0.1, -0.05) is 30.8 Å². The van der Waals surface area contributed by atoms with Crippen LogP contribution in [0.4, 0.5) is 4.39 Å². The van der Waals surface area contributed by atoms with Crippen LogP contribution in [0.5, 0.6) is 0 Å². The number of likely N-dealkylation sites (N-methyl/N-ethyl adjacent to an activating group) is 1. The van der Waals surface area contributed by atoms with Gasteiger partial charge < -0.3 is 15.3 Å². The first-order valence-electron chi connectivity index (χ1n) is 9.48. The highest BCUT2D eigenvalue weighted by atomic mass is 32.2. The van der Waals surface area contributed by atoms with Crippen molar-refractivity contribution in [3.8, 4) is 0 Å². The molecule has 2 aliphatic heterocycles. The number of carbonyl (C=O) groups excluding carboxylic acids is 1. The van der Waals surface area contributed by atoms with E-state index in [4.69, 9.17) is 5.11 Å². The lowest BCUT2D eigenvalue weighted by molar-refractivity contribution is -0.138. The smallest absolute Gasteiger partial charge is 0.305 e. The number of benzene rings is 1. The minimum atomic E-state index is -1.05. The zero-order chi connectivity index (χ0) is 20.8. The predicted octanol–water partition coefficient (Wildman–Crippen LogP) is 1.36. The number of hydrogen-bond acceptors (Lipinski definition) is 7. The van der Waals surface area contributed by atoms with Gasteiger partial charge in [-0.15, -0.1) is 5.10 Å². The molecular weight excluding hydrogens is 397 g/mol. The second-order valence-electron chi connectivity index (χ2n) is 6.90. The second kappa shape index (κ2) is 9.95. The van der Waals surface area contributed by atoms with E-state index in [2.05, 4.69) is 32.2 Å². The van der Waals surface area contributed by atoms with E-state index in [1.165, 1.54) is 12.3 Å². The summed E-state index contributed by atoms with van der Waals surface area (Å²) in [6.07, 6.45) is 1.12. The van der Waals surface area contributed by atoms with Crippen molar-refractivity contribution >= 4 is 35.0 Å². The van der Waals surface area contributed by atoms with Crippen LogP contribution in [0.2, 0.25) is 0 Å². The number of amidine groups is 1. The number of thioether (sulfide) groups is 1. The number of amides is 1. The van der Waals surface area contributed by atoms with E-state index in [0.717, 1.165) is 44.5 Å². The SMILES string of the molecule is CCN1CCN(Cc2ccc(C=NN=C3NC(=O)C(CC(=O)O)S3)cc2F)CC1. The molecule has 10 heteroatoms. The quantitative estimate of drug-likeness (QED) is 0.510. The van der Waals surface area contributed by atoms with Gasteiger partial charge in [0, 0.05) is 38.3 Å². The monoisotopic (exact) mass is 421 g/mol. The molecule has 2 saturated heterocycles. The average molecular weight is 421 g/mol. The van der Waals surface area contributed by atoms with Gasteiger partial charge >= 0.3 is 5.97 Å². The number of nitrogens with zero attached hydrogens (tertiary/aromatic N) is 4. The molecule has 0 saturated carbocycles. The summed E-state index contributed by atoms with van der Waals surface area (Å²) in [5.74, 6) is -1.74. The zero-order valence-electron chi connectivity index (χ0n) is 16.2. The zero-order valence-corrected chi connectivity index (χ0v) is 17.0. The Balaban J connectivity index is 1.55. The molecule has 0 bridgehead atoms. The van der Waals surface area contributed by atoms with Gasteiger partial charge in [-0.2, -0.15) is 5.10 Å². The summed E-state index contributed by atoms with van der Waals surface area (Å²) in [6.45, 7) is 7.64. The Morgan fingerprint density at radius 1 is 1.34 bits per heavy atom. The Kier molecular flexibility index (Phi) is 7.34. The molecule has 156 valence electrons. The molecule has 2 fully saturated rings. The molecule has 29 heavy (non-hydrogen) atoms. The van der Waals surface area contributed by atoms with Gasteiger partial charge in [-0.25, -0.2) is 4.39 Å². The van der Waals surface area contributed by atoms with E-state index in [1.807, 2.05) is 0 Å². The van der Waals surface area contributed by atoms with Crippen LogP contribution in [0.1, 0.15) is 24.5 Å². The number of hydrogen-bond donors (Lipinski definition) is 2. The molecule has 2 N–H and O–H groups in total. The van der Waals surface area contributed by atoms with Crippen molar-refractivity contribution in [2.75, 3.05) is 32.7 Å². The molecule has 2 heterocycles. The second-order valence-corrected chi connectivity index (χ2v) is 8.10. The van der Waals surface area contributed by atoms with Crippen LogP contribution in [0.3, 0.4) is 0 Å². The summed E-state index contributed by atoms with van der Waals surface area (Å²) in [7, 11) is 0. The Bertz CT molecular complexity index is 824. The van der Waals surface area contributed by atoms with Crippen molar-refractivity contribution in [1.82, 2.24) is 15.1 Å². The molecule has 0 aliphatic carbocycles. The average Bonchev–Trinajstić information content (AvgIpc) is 3.03. The van der Waals surface area contributed by atoms with Crippen molar-refractivity contribution in [3.05, 3.63) is 35.1 Å². The fourth-order valence-electron chi connectivity index (χ4n) is 3.17. The van der Waals surface area contributed by atoms with E-state index in [9.17, 15) is 14.0 Å². The molecule has 3 rings (SSSR count). The number of aliphatic carboxylic acids is 1. The highest BCUT2D eigenvalue weighted by Gasteiger charge is 2.32. The highest BCUT2D eigenvalue weighted by molar-refractivity contribution is 8.15. The summed E-state index contributed by atoms with van der Waals surface area (Å²) < 4.78 is 14.4. The number of carboxylic acid groups (broad SMARTS) is 1.